The van der Waals surface area contributed by atoms with E-state index in [-0.39, 0.29) is 5.75 Å². The van der Waals surface area contributed by atoms with Crippen LogP contribution in [0.3, 0.4) is 0 Å². The molecule has 15 heavy (non-hydrogen) atoms. The minimum Gasteiger partial charge on any atom is -0.506 e. The highest BCUT2D eigenvalue weighted by atomic mass is 16.3. The number of pyridine rings is 1. The average molecular weight is 200 g/mol. The Labute approximate surface area is 85.4 Å². The van der Waals surface area contributed by atoms with E-state index in [2.05, 4.69) is 4.98 Å². The van der Waals surface area contributed by atoms with Gasteiger partial charge in [0.25, 0.3) is 0 Å². The van der Waals surface area contributed by atoms with Crippen LogP contribution in [0.15, 0.2) is 47.3 Å². The number of imidazole rings is 1. The lowest BCUT2D eigenvalue weighted by molar-refractivity contribution is 0.472. The summed E-state index contributed by atoms with van der Waals surface area (Å²) < 4.78 is 7.00. The molecule has 0 bridgehead atoms. The molecule has 3 heterocycles. The Morgan fingerprint density at radius 2 is 2.13 bits per heavy atom. The molecule has 1 N–H and O–H groups in total. The fraction of sp³-hybridized carbons (Fsp3) is 0. The topological polar surface area (TPSA) is 50.7 Å². The van der Waals surface area contributed by atoms with Crippen LogP contribution >= 0.6 is 0 Å². The number of aromatic hydroxyl groups is 1. The Morgan fingerprint density at radius 3 is 2.93 bits per heavy atom. The lowest BCUT2D eigenvalue weighted by atomic mass is 10.4. The first-order chi connectivity index (χ1) is 7.33. The first-order valence-corrected chi connectivity index (χ1v) is 4.54. The van der Waals surface area contributed by atoms with E-state index >= 15 is 0 Å². The zero-order chi connectivity index (χ0) is 10.3. The summed E-state index contributed by atoms with van der Waals surface area (Å²) in [7, 11) is 0. The normalized spacial score (nSPS) is 10.9. The van der Waals surface area contributed by atoms with Crippen molar-refractivity contribution in [3.63, 3.8) is 0 Å². The molecule has 0 unspecified atom stereocenters. The molecule has 3 aromatic rings. The van der Waals surface area contributed by atoms with Crippen molar-refractivity contribution < 1.29 is 9.52 Å². The quantitative estimate of drug-likeness (QED) is 0.655. The lowest BCUT2D eigenvalue weighted by Gasteiger charge is -1.92. The Kier molecular flexibility index (Phi) is 1.56. The molecule has 0 radical (unpaired) electrons. The molecule has 0 saturated heterocycles. The molecule has 74 valence electrons. The Morgan fingerprint density at radius 1 is 1.20 bits per heavy atom. The number of aromatic nitrogens is 2. The third-order valence-corrected chi connectivity index (χ3v) is 2.21. The van der Waals surface area contributed by atoms with Gasteiger partial charge in [-0.3, -0.25) is 0 Å². The summed E-state index contributed by atoms with van der Waals surface area (Å²) in [6, 6.07) is 7.02. The first-order valence-electron chi connectivity index (χ1n) is 4.54. The highest BCUT2D eigenvalue weighted by Gasteiger charge is 2.06. The van der Waals surface area contributed by atoms with Gasteiger partial charge in [0.2, 0.25) is 0 Å². The number of hydrogen-bond donors (Lipinski definition) is 1. The zero-order valence-corrected chi connectivity index (χ0v) is 7.79. The summed E-state index contributed by atoms with van der Waals surface area (Å²) in [5.74, 6) is 0.934. The van der Waals surface area contributed by atoms with Gasteiger partial charge in [0, 0.05) is 6.20 Å². The van der Waals surface area contributed by atoms with Crippen LogP contribution in [0.25, 0.3) is 17.1 Å². The van der Waals surface area contributed by atoms with Gasteiger partial charge in [0.05, 0.1) is 12.5 Å². The molecule has 0 aliphatic carbocycles. The molecule has 0 saturated carbocycles. The van der Waals surface area contributed by atoms with Gasteiger partial charge in [-0.25, -0.2) is 4.98 Å². The molecular weight excluding hydrogens is 192 g/mol. The van der Waals surface area contributed by atoms with Gasteiger partial charge in [-0.15, -0.1) is 0 Å². The van der Waals surface area contributed by atoms with Crippen molar-refractivity contribution in [1.82, 2.24) is 9.38 Å². The molecule has 0 fully saturated rings. The standard InChI is InChI=1S/C11H8N2O2/c14-8-3-4-11-12-9(7-13(11)6-8)10-2-1-5-15-10/h1-7,14H. The van der Waals surface area contributed by atoms with E-state index in [9.17, 15) is 5.11 Å². The SMILES string of the molecule is Oc1ccc2nc(-c3ccco3)cn2c1. The van der Waals surface area contributed by atoms with Crippen LogP contribution in [0.1, 0.15) is 0 Å². The van der Waals surface area contributed by atoms with Crippen molar-refractivity contribution >= 4 is 5.65 Å². The molecular formula is C11H8N2O2. The van der Waals surface area contributed by atoms with E-state index in [0.29, 0.717) is 0 Å². The Bertz CT molecular complexity index is 596. The van der Waals surface area contributed by atoms with Crippen molar-refractivity contribution in [2.24, 2.45) is 0 Å². The predicted molar refractivity (Wildman–Crippen MR) is 54.6 cm³/mol. The van der Waals surface area contributed by atoms with Crippen LogP contribution < -0.4 is 0 Å². The van der Waals surface area contributed by atoms with Gasteiger partial charge >= 0.3 is 0 Å². The summed E-state index contributed by atoms with van der Waals surface area (Å²) in [6.07, 6.45) is 5.03. The summed E-state index contributed by atoms with van der Waals surface area (Å²) in [4.78, 5) is 4.35. The summed E-state index contributed by atoms with van der Waals surface area (Å²) in [5, 5.41) is 9.30. The minimum absolute atomic E-state index is 0.214. The largest absolute Gasteiger partial charge is 0.506 e. The Balaban J connectivity index is 2.22. The number of hydrogen-bond acceptors (Lipinski definition) is 3. The van der Waals surface area contributed by atoms with Crippen LogP contribution in [0.5, 0.6) is 5.75 Å². The van der Waals surface area contributed by atoms with E-state index < -0.39 is 0 Å². The highest BCUT2D eigenvalue weighted by molar-refractivity contribution is 5.57. The average Bonchev–Trinajstić information content (AvgIpc) is 2.84. The molecule has 0 aliphatic rings. The van der Waals surface area contributed by atoms with Crippen molar-refractivity contribution in [1.29, 1.82) is 0 Å². The number of furan rings is 1. The van der Waals surface area contributed by atoms with Crippen molar-refractivity contribution in [2.45, 2.75) is 0 Å². The fourth-order valence-electron chi connectivity index (χ4n) is 1.52. The number of fused-ring (bicyclic) bond motifs is 1. The second kappa shape index (κ2) is 2.88. The lowest BCUT2D eigenvalue weighted by Crippen LogP contribution is -1.79. The van der Waals surface area contributed by atoms with E-state index in [1.807, 2.05) is 18.3 Å². The van der Waals surface area contributed by atoms with Crippen LogP contribution in [0.4, 0.5) is 0 Å². The fourth-order valence-corrected chi connectivity index (χ4v) is 1.52. The van der Waals surface area contributed by atoms with Gasteiger partial charge in [0.15, 0.2) is 5.76 Å². The van der Waals surface area contributed by atoms with Gasteiger partial charge < -0.3 is 13.9 Å². The van der Waals surface area contributed by atoms with Crippen molar-refractivity contribution in [3.8, 4) is 17.2 Å². The second-order valence-electron chi connectivity index (χ2n) is 3.26. The summed E-state index contributed by atoms with van der Waals surface area (Å²) in [5.41, 5.74) is 1.53. The number of nitrogens with zero attached hydrogens (tertiary/aromatic N) is 2. The third kappa shape index (κ3) is 1.27. The predicted octanol–water partition coefficient (Wildman–Crippen LogP) is 2.30. The highest BCUT2D eigenvalue weighted by Crippen LogP contribution is 2.20. The maximum Gasteiger partial charge on any atom is 0.153 e. The molecule has 4 heteroatoms. The van der Waals surface area contributed by atoms with E-state index in [0.717, 1.165) is 17.1 Å². The zero-order valence-electron chi connectivity index (χ0n) is 7.79. The van der Waals surface area contributed by atoms with Gasteiger partial charge in [-0.1, -0.05) is 0 Å². The first kappa shape index (κ1) is 8.11. The van der Waals surface area contributed by atoms with Crippen molar-refractivity contribution in [3.05, 3.63) is 42.9 Å². The molecule has 0 aliphatic heterocycles. The van der Waals surface area contributed by atoms with E-state index in [4.69, 9.17) is 4.42 Å². The maximum absolute atomic E-state index is 9.30. The second-order valence-corrected chi connectivity index (χ2v) is 3.26. The molecule has 4 nitrogen and oxygen atoms in total. The van der Waals surface area contributed by atoms with Crippen LogP contribution in [-0.4, -0.2) is 14.5 Å². The summed E-state index contributed by atoms with van der Waals surface area (Å²) in [6.45, 7) is 0. The van der Waals surface area contributed by atoms with E-state index in [1.165, 1.54) is 0 Å². The molecule has 0 spiro atoms. The Hall–Kier alpha value is -2.23. The summed E-state index contributed by atoms with van der Waals surface area (Å²) >= 11 is 0. The van der Waals surface area contributed by atoms with Gasteiger partial charge in [0.1, 0.15) is 17.1 Å². The van der Waals surface area contributed by atoms with Crippen LogP contribution in [0, 0.1) is 0 Å². The van der Waals surface area contributed by atoms with Crippen molar-refractivity contribution in [2.75, 3.05) is 0 Å². The van der Waals surface area contributed by atoms with Gasteiger partial charge in [-0.05, 0) is 24.3 Å². The molecule has 3 aromatic heterocycles. The maximum atomic E-state index is 9.30. The van der Waals surface area contributed by atoms with Crippen LogP contribution in [-0.2, 0) is 0 Å². The minimum atomic E-state index is 0.214. The molecule has 0 aromatic carbocycles. The number of rotatable bonds is 1. The molecule has 0 atom stereocenters. The smallest absolute Gasteiger partial charge is 0.153 e. The molecule has 3 rings (SSSR count). The molecule has 0 amide bonds. The monoisotopic (exact) mass is 200 g/mol. The van der Waals surface area contributed by atoms with Crippen LogP contribution in [0.2, 0.25) is 0 Å². The van der Waals surface area contributed by atoms with E-state index in [1.54, 1.807) is 29.0 Å². The third-order valence-electron chi connectivity index (χ3n) is 2.21. The van der Waals surface area contributed by atoms with Gasteiger partial charge in [-0.2, -0.15) is 0 Å².